The molecule has 0 bridgehead atoms. The molecule has 1 heteroatoms. The molecule has 0 saturated heterocycles. The standard InChI is InChI=1S/C23H24O/c1-17-9-3-5-11-19(17)15-21-13-7-8-14-22(23(21)24)16-20-12-6-4-10-18(20)2/h3-6,9-12,15-16H,7-8,13-14H2,1-2H3. The molecule has 1 fully saturated rings. The number of rotatable bonds is 2. The maximum absolute atomic E-state index is 13.0. The van der Waals surface area contributed by atoms with Gasteiger partial charge >= 0.3 is 0 Å². The van der Waals surface area contributed by atoms with Crippen LogP contribution in [-0.4, -0.2) is 5.78 Å². The maximum atomic E-state index is 13.0. The first-order valence-electron chi connectivity index (χ1n) is 8.72. The number of carbonyl (C=O) groups excluding carboxylic acids is 1. The molecule has 122 valence electrons. The molecule has 1 aliphatic carbocycles. The van der Waals surface area contributed by atoms with Gasteiger partial charge in [-0.1, -0.05) is 48.5 Å². The fourth-order valence-electron chi connectivity index (χ4n) is 3.21. The summed E-state index contributed by atoms with van der Waals surface area (Å²) in [6.45, 7) is 4.19. The van der Waals surface area contributed by atoms with Crippen molar-refractivity contribution in [1.82, 2.24) is 0 Å². The van der Waals surface area contributed by atoms with E-state index in [1.54, 1.807) is 0 Å². The van der Waals surface area contributed by atoms with Crippen molar-refractivity contribution in [2.24, 2.45) is 0 Å². The van der Waals surface area contributed by atoms with E-state index in [1.165, 1.54) is 11.1 Å². The molecule has 1 saturated carbocycles. The summed E-state index contributed by atoms with van der Waals surface area (Å²) in [6, 6.07) is 16.5. The molecule has 2 aromatic rings. The van der Waals surface area contributed by atoms with E-state index in [4.69, 9.17) is 0 Å². The topological polar surface area (TPSA) is 17.1 Å². The van der Waals surface area contributed by atoms with E-state index in [-0.39, 0.29) is 5.78 Å². The van der Waals surface area contributed by atoms with Crippen LogP contribution in [0.25, 0.3) is 12.2 Å². The lowest BCUT2D eigenvalue weighted by molar-refractivity contribution is -0.112. The predicted molar refractivity (Wildman–Crippen MR) is 102 cm³/mol. The third-order valence-corrected chi connectivity index (χ3v) is 4.76. The van der Waals surface area contributed by atoms with Gasteiger partial charge in [-0.2, -0.15) is 0 Å². The molecule has 0 N–H and O–H groups in total. The van der Waals surface area contributed by atoms with Crippen molar-refractivity contribution in [3.8, 4) is 0 Å². The van der Waals surface area contributed by atoms with Gasteiger partial charge in [-0.3, -0.25) is 4.79 Å². The highest BCUT2D eigenvalue weighted by atomic mass is 16.1. The summed E-state index contributed by atoms with van der Waals surface area (Å²) < 4.78 is 0. The number of hydrogen-bond acceptors (Lipinski definition) is 1. The van der Waals surface area contributed by atoms with Gasteiger partial charge in [0.1, 0.15) is 0 Å². The zero-order valence-electron chi connectivity index (χ0n) is 14.5. The van der Waals surface area contributed by atoms with Crippen LogP contribution in [0.2, 0.25) is 0 Å². The summed E-state index contributed by atoms with van der Waals surface area (Å²) in [4.78, 5) is 13.0. The molecule has 0 heterocycles. The van der Waals surface area contributed by atoms with Crippen molar-refractivity contribution in [2.75, 3.05) is 0 Å². The van der Waals surface area contributed by atoms with E-state index in [2.05, 4.69) is 50.3 Å². The van der Waals surface area contributed by atoms with Crippen LogP contribution in [0, 0.1) is 13.8 Å². The fourth-order valence-corrected chi connectivity index (χ4v) is 3.21. The predicted octanol–water partition coefficient (Wildman–Crippen LogP) is 5.91. The molecule has 1 nitrogen and oxygen atoms in total. The van der Waals surface area contributed by atoms with E-state index < -0.39 is 0 Å². The zero-order chi connectivity index (χ0) is 16.9. The molecule has 1 aliphatic rings. The van der Waals surface area contributed by atoms with E-state index in [0.717, 1.165) is 48.0 Å². The number of hydrogen-bond donors (Lipinski definition) is 0. The Labute approximate surface area is 144 Å². The number of carbonyl (C=O) groups is 1. The Morgan fingerprint density at radius 2 is 1.12 bits per heavy atom. The smallest absolute Gasteiger partial charge is 0.185 e. The van der Waals surface area contributed by atoms with E-state index in [0.29, 0.717) is 0 Å². The van der Waals surface area contributed by atoms with Gasteiger partial charge in [0.25, 0.3) is 0 Å². The Bertz CT molecular complexity index is 741. The molecular formula is C23H24O. The van der Waals surface area contributed by atoms with Crippen molar-refractivity contribution in [3.63, 3.8) is 0 Å². The van der Waals surface area contributed by atoms with Gasteiger partial charge in [0.2, 0.25) is 0 Å². The third kappa shape index (κ3) is 3.73. The molecule has 0 aliphatic heterocycles. The molecule has 0 unspecified atom stereocenters. The minimum absolute atomic E-state index is 0.221. The van der Waals surface area contributed by atoms with Crippen molar-refractivity contribution in [2.45, 2.75) is 39.5 Å². The second kappa shape index (κ2) is 7.44. The SMILES string of the molecule is Cc1ccccc1C=C1CCCCC(=Cc2ccccc2C)C1=O. The van der Waals surface area contributed by atoms with E-state index >= 15 is 0 Å². The van der Waals surface area contributed by atoms with Crippen LogP contribution in [0.3, 0.4) is 0 Å². The van der Waals surface area contributed by atoms with E-state index in [9.17, 15) is 4.79 Å². The molecule has 3 rings (SSSR count). The molecule has 0 aromatic heterocycles. The van der Waals surface area contributed by atoms with Crippen LogP contribution in [0.5, 0.6) is 0 Å². The second-order valence-corrected chi connectivity index (χ2v) is 6.59. The van der Waals surface area contributed by atoms with Gasteiger partial charge < -0.3 is 0 Å². The van der Waals surface area contributed by atoms with Gasteiger partial charge in [0, 0.05) is 11.1 Å². The number of aryl methyl sites for hydroxylation is 2. The molecule has 24 heavy (non-hydrogen) atoms. The second-order valence-electron chi connectivity index (χ2n) is 6.59. The minimum Gasteiger partial charge on any atom is -0.289 e. The van der Waals surface area contributed by atoms with Crippen LogP contribution in [0.15, 0.2) is 59.7 Å². The Morgan fingerprint density at radius 1 is 0.708 bits per heavy atom. The van der Waals surface area contributed by atoms with Gasteiger partial charge in [0.15, 0.2) is 5.78 Å². The Hall–Kier alpha value is -2.41. The van der Waals surface area contributed by atoms with Crippen LogP contribution in [0.4, 0.5) is 0 Å². The average molecular weight is 316 g/mol. The minimum atomic E-state index is 0.221. The first-order chi connectivity index (χ1) is 11.6. The highest BCUT2D eigenvalue weighted by molar-refractivity contribution is 6.13. The molecule has 0 spiro atoms. The quantitative estimate of drug-likeness (QED) is 0.497. The molecule has 0 atom stereocenters. The van der Waals surface area contributed by atoms with Crippen LogP contribution in [-0.2, 0) is 4.79 Å². The maximum Gasteiger partial charge on any atom is 0.185 e. The highest BCUT2D eigenvalue weighted by Crippen LogP contribution is 2.28. The van der Waals surface area contributed by atoms with Gasteiger partial charge in [0.05, 0.1) is 0 Å². The summed E-state index contributed by atoms with van der Waals surface area (Å²) in [7, 11) is 0. The van der Waals surface area contributed by atoms with Crippen molar-refractivity contribution in [3.05, 3.63) is 81.9 Å². The molecule has 0 amide bonds. The van der Waals surface area contributed by atoms with Crippen molar-refractivity contribution < 1.29 is 4.79 Å². The summed E-state index contributed by atoms with van der Waals surface area (Å²) in [5.74, 6) is 0.221. The molecular weight excluding hydrogens is 292 g/mol. The number of benzene rings is 2. The van der Waals surface area contributed by atoms with Gasteiger partial charge in [-0.05, 0) is 73.9 Å². The van der Waals surface area contributed by atoms with Crippen LogP contribution < -0.4 is 0 Å². The largest absolute Gasteiger partial charge is 0.289 e. The summed E-state index contributed by atoms with van der Waals surface area (Å²) in [5, 5.41) is 0. The lowest BCUT2D eigenvalue weighted by Gasteiger charge is -2.08. The summed E-state index contributed by atoms with van der Waals surface area (Å²) in [5.41, 5.74) is 6.62. The van der Waals surface area contributed by atoms with Crippen LogP contribution in [0.1, 0.15) is 47.9 Å². The van der Waals surface area contributed by atoms with Gasteiger partial charge in [-0.15, -0.1) is 0 Å². The fraction of sp³-hybridized carbons (Fsp3) is 0.261. The molecule has 0 radical (unpaired) electrons. The lowest BCUT2D eigenvalue weighted by atomic mass is 9.96. The zero-order valence-corrected chi connectivity index (χ0v) is 14.5. The first kappa shape index (κ1) is 16.4. The number of allylic oxidation sites excluding steroid dienone is 2. The van der Waals surface area contributed by atoms with Crippen molar-refractivity contribution in [1.29, 1.82) is 0 Å². The lowest BCUT2D eigenvalue weighted by Crippen LogP contribution is -2.04. The monoisotopic (exact) mass is 316 g/mol. The Balaban J connectivity index is 1.97. The Morgan fingerprint density at radius 3 is 1.54 bits per heavy atom. The summed E-state index contributed by atoms with van der Waals surface area (Å²) in [6.07, 6.45) is 8.09. The summed E-state index contributed by atoms with van der Waals surface area (Å²) >= 11 is 0. The number of ketones is 1. The van der Waals surface area contributed by atoms with Crippen molar-refractivity contribution >= 4 is 17.9 Å². The van der Waals surface area contributed by atoms with Gasteiger partial charge in [-0.25, -0.2) is 0 Å². The Kier molecular flexibility index (Phi) is 5.10. The average Bonchev–Trinajstić information content (AvgIpc) is 2.75. The first-order valence-corrected chi connectivity index (χ1v) is 8.72. The van der Waals surface area contributed by atoms with E-state index in [1.807, 2.05) is 24.3 Å². The normalized spacial score (nSPS) is 18.8. The number of Topliss-reactive ketones (excluding diaryl/α,β-unsaturated/α-hetero) is 1. The highest BCUT2D eigenvalue weighted by Gasteiger charge is 2.19. The molecule has 2 aromatic carbocycles. The third-order valence-electron chi connectivity index (χ3n) is 4.76. The van der Waals surface area contributed by atoms with Crippen LogP contribution >= 0.6 is 0 Å².